The number of hydrogen-bond acceptors (Lipinski definition) is 3. The molecule has 0 bridgehead atoms. The maximum atomic E-state index is 11.6. The highest BCUT2D eigenvalue weighted by Crippen LogP contribution is 2.06. The number of nitrogens with zero attached hydrogens (tertiary/aromatic N) is 2. The molecule has 2 amide bonds. The minimum absolute atomic E-state index is 0.0278. The van der Waals surface area contributed by atoms with Gasteiger partial charge in [0, 0.05) is 33.5 Å². The predicted octanol–water partition coefficient (Wildman–Crippen LogP) is 0.867. The first-order chi connectivity index (χ1) is 7.99. The van der Waals surface area contributed by atoms with Crippen molar-refractivity contribution in [1.29, 1.82) is 0 Å². The minimum atomic E-state index is -2.13. The Labute approximate surface area is 106 Å². The molecule has 0 aromatic rings. The van der Waals surface area contributed by atoms with E-state index in [4.69, 9.17) is 4.43 Å². The molecule has 0 aliphatic carbocycles. The molecule has 100 valence electrons. The maximum Gasteiger partial charge on any atom is 0.406 e. The van der Waals surface area contributed by atoms with E-state index >= 15 is 0 Å². The SMILES string of the molecule is CCCO[SiH](N(CC)C(C)=O)N(CC)C(C)=O. The zero-order chi connectivity index (χ0) is 13.4. The Kier molecular flexibility index (Phi) is 7.82. The van der Waals surface area contributed by atoms with Gasteiger partial charge in [-0.2, -0.15) is 0 Å². The number of carbonyl (C=O) groups is 2. The summed E-state index contributed by atoms with van der Waals surface area (Å²) in [6, 6.07) is 0. The summed E-state index contributed by atoms with van der Waals surface area (Å²) in [6.45, 7) is 10.6. The number of hydrogen-bond donors (Lipinski definition) is 0. The molecule has 0 aliphatic rings. The van der Waals surface area contributed by atoms with E-state index in [0.29, 0.717) is 19.7 Å². The van der Waals surface area contributed by atoms with Gasteiger partial charge in [-0.1, -0.05) is 6.92 Å². The van der Waals surface area contributed by atoms with Crippen LogP contribution in [0.15, 0.2) is 0 Å². The van der Waals surface area contributed by atoms with Gasteiger partial charge >= 0.3 is 9.36 Å². The van der Waals surface area contributed by atoms with Crippen LogP contribution >= 0.6 is 0 Å². The van der Waals surface area contributed by atoms with E-state index in [0.717, 1.165) is 6.42 Å². The molecule has 0 heterocycles. The van der Waals surface area contributed by atoms with Crippen molar-refractivity contribution in [1.82, 2.24) is 9.13 Å². The molecule has 0 saturated heterocycles. The smallest absolute Gasteiger partial charge is 0.385 e. The molecule has 5 nitrogen and oxygen atoms in total. The van der Waals surface area contributed by atoms with E-state index in [9.17, 15) is 9.59 Å². The topological polar surface area (TPSA) is 49.9 Å². The van der Waals surface area contributed by atoms with Crippen molar-refractivity contribution in [3.63, 3.8) is 0 Å². The molecule has 0 aromatic carbocycles. The van der Waals surface area contributed by atoms with Crippen LogP contribution < -0.4 is 0 Å². The van der Waals surface area contributed by atoms with Crippen LogP contribution in [0.1, 0.15) is 41.0 Å². The zero-order valence-electron chi connectivity index (χ0n) is 11.5. The second kappa shape index (κ2) is 8.24. The zero-order valence-corrected chi connectivity index (χ0v) is 12.7. The Morgan fingerprint density at radius 3 is 1.65 bits per heavy atom. The van der Waals surface area contributed by atoms with Gasteiger partial charge in [0.1, 0.15) is 0 Å². The van der Waals surface area contributed by atoms with E-state index in [1.807, 2.05) is 20.8 Å². The number of carbonyl (C=O) groups excluding carboxylic acids is 2. The summed E-state index contributed by atoms with van der Waals surface area (Å²) in [5.41, 5.74) is 0. The highest BCUT2D eigenvalue weighted by Gasteiger charge is 2.31. The number of rotatable bonds is 7. The van der Waals surface area contributed by atoms with Crippen molar-refractivity contribution >= 4 is 21.2 Å². The van der Waals surface area contributed by atoms with Gasteiger partial charge in [-0.3, -0.25) is 9.59 Å². The van der Waals surface area contributed by atoms with Gasteiger partial charge in [0.2, 0.25) is 11.8 Å². The predicted molar refractivity (Wildman–Crippen MR) is 69.5 cm³/mol. The number of amides is 2. The standard InChI is InChI=1S/C11H24N2O3Si/c1-6-9-16-17(12(7-2)10(4)14)13(8-3)11(5)15/h17H,6-9H2,1-5H3. The fourth-order valence-electron chi connectivity index (χ4n) is 1.64. The lowest BCUT2D eigenvalue weighted by Crippen LogP contribution is -2.58. The molecule has 0 fully saturated rings. The molecule has 0 rings (SSSR count). The second-order valence-electron chi connectivity index (χ2n) is 3.81. The van der Waals surface area contributed by atoms with Gasteiger partial charge in [0.25, 0.3) is 0 Å². The summed E-state index contributed by atoms with van der Waals surface area (Å²) in [5.74, 6) is -0.0556. The average Bonchev–Trinajstić information content (AvgIpc) is 2.25. The summed E-state index contributed by atoms with van der Waals surface area (Å²) in [7, 11) is -2.13. The molecule has 0 N–H and O–H groups in total. The van der Waals surface area contributed by atoms with Crippen LogP contribution in [0.5, 0.6) is 0 Å². The first-order valence-electron chi connectivity index (χ1n) is 6.15. The molecule has 0 radical (unpaired) electrons. The summed E-state index contributed by atoms with van der Waals surface area (Å²) < 4.78 is 9.16. The summed E-state index contributed by atoms with van der Waals surface area (Å²) in [4.78, 5) is 23.1. The van der Waals surface area contributed by atoms with Crippen LogP contribution in [-0.4, -0.2) is 50.0 Å². The molecular weight excluding hydrogens is 236 g/mol. The lowest BCUT2D eigenvalue weighted by atomic mass is 10.5. The molecular formula is C11H24N2O3Si. The fourth-order valence-corrected chi connectivity index (χ4v) is 4.03. The molecule has 0 spiro atoms. The maximum absolute atomic E-state index is 11.6. The third-order valence-corrected chi connectivity index (χ3v) is 5.55. The summed E-state index contributed by atoms with van der Waals surface area (Å²) >= 11 is 0. The van der Waals surface area contributed by atoms with Crippen LogP contribution in [0, 0.1) is 0 Å². The van der Waals surface area contributed by atoms with E-state index in [1.165, 1.54) is 13.8 Å². The fraction of sp³-hybridized carbons (Fsp3) is 0.818. The van der Waals surface area contributed by atoms with Crippen LogP contribution in [0.4, 0.5) is 0 Å². The van der Waals surface area contributed by atoms with Crippen LogP contribution in [-0.2, 0) is 14.0 Å². The van der Waals surface area contributed by atoms with Gasteiger partial charge in [-0.15, -0.1) is 0 Å². The molecule has 0 atom stereocenters. The van der Waals surface area contributed by atoms with Gasteiger partial charge in [0.15, 0.2) is 0 Å². The Morgan fingerprint density at radius 1 is 1.00 bits per heavy atom. The molecule has 17 heavy (non-hydrogen) atoms. The quantitative estimate of drug-likeness (QED) is 0.638. The van der Waals surface area contributed by atoms with E-state index in [1.54, 1.807) is 9.13 Å². The van der Waals surface area contributed by atoms with Crippen molar-refractivity contribution in [3.05, 3.63) is 0 Å². The van der Waals surface area contributed by atoms with Gasteiger partial charge in [-0.25, -0.2) is 0 Å². The van der Waals surface area contributed by atoms with Crippen molar-refractivity contribution in [2.24, 2.45) is 0 Å². The van der Waals surface area contributed by atoms with E-state index in [-0.39, 0.29) is 11.8 Å². The lowest BCUT2D eigenvalue weighted by molar-refractivity contribution is -0.128. The highest BCUT2D eigenvalue weighted by molar-refractivity contribution is 6.52. The highest BCUT2D eigenvalue weighted by atomic mass is 28.3. The first-order valence-corrected chi connectivity index (χ1v) is 7.65. The third-order valence-electron chi connectivity index (χ3n) is 2.49. The normalized spacial score (nSPS) is 10.5. The van der Waals surface area contributed by atoms with Crippen molar-refractivity contribution in [2.45, 2.75) is 41.0 Å². The molecule has 0 aliphatic heterocycles. The van der Waals surface area contributed by atoms with Crippen molar-refractivity contribution < 1.29 is 14.0 Å². The Morgan fingerprint density at radius 2 is 1.41 bits per heavy atom. The van der Waals surface area contributed by atoms with Gasteiger partial charge in [-0.05, 0) is 20.3 Å². The summed E-state index contributed by atoms with van der Waals surface area (Å²) in [6.07, 6.45) is 0.883. The first kappa shape index (κ1) is 16.1. The van der Waals surface area contributed by atoms with Gasteiger partial charge < -0.3 is 13.6 Å². The van der Waals surface area contributed by atoms with Gasteiger partial charge in [0.05, 0.1) is 0 Å². The molecule has 6 heteroatoms. The molecule has 0 aromatic heterocycles. The van der Waals surface area contributed by atoms with Crippen LogP contribution in [0.25, 0.3) is 0 Å². The monoisotopic (exact) mass is 260 g/mol. The molecule has 0 unspecified atom stereocenters. The Hall–Kier alpha value is -0.883. The summed E-state index contributed by atoms with van der Waals surface area (Å²) in [5, 5.41) is 0. The largest absolute Gasteiger partial charge is 0.406 e. The lowest BCUT2D eigenvalue weighted by Gasteiger charge is -2.35. The third kappa shape index (κ3) is 4.87. The molecule has 0 saturated carbocycles. The Balaban J connectivity index is 4.93. The van der Waals surface area contributed by atoms with E-state index in [2.05, 4.69) is 0 Å². The average molecular weight is 260 g/mol. The van der Waals surface area contributed by atoms with Crippen LogP contribution in [0.2, 0.25) is 0 Å². The van der Waals surface area contributed by atoms with E-state index < -0.39 is 9.36 Å². The second-order valence-corrected chi connectivity index (χ2v) is 6.04. The van der Waals surface area contributed by atoms with Crippen LogP contribution in [0.3, 0.4) is 0 Å². The van der Waals surface area contributed by atoms with Crippen molar-refractivity contribution in [2.75, 3.05) is 19.7 Å². The minimum Gasteiger partial charge on any atom is -0.385 e. The Bertz CT molecular complexity index is 239. The van der Waals surface area contributed by atoms with Crippen molar-refractivity contribution in [3.8, 4) is 0 Å².